The minimum atomic E-state index is 0.881. The second-order valence-electron chi connectivity index (χ2n) is 7.92. The molecule has 0 fully saturated rings. The standard InChI is InChI=1S/C29H24N2/c1-20-13-14-26(19-21(20)2)28-27(24-11-7-4-8-12-24)30-29(31-28)25-17-15-23(16-18-25)22-9-5-3-6-10-22/h3-19H,1-2H3,(H,30,31). The molecule has 0 aliphatic rings. The van der Waals surface area contributed by atoms with Gasteiger partial charge >= 0.3 is 0 Å². The molecule has 1 aromatic heterocycles. The van der Waals surface area contributed by atoms with Crippen LogP contribution in [0, 0.1) is 13.8 Å². The predicted molar refractivity (Wildman–Crippen MR) is 130 cm³/mol. The van der Waals surface area contributed by atoms with Crippen molar-refractivity contribution in [2.24, 2.45) is 0 Å². The first-order valence-corrected chi connectivity index (χ1v) is 10.6. The van der Waals surface area contributed by atoms with Crippen molar-refractivity contribution in [2.75, 3.05) is 0 Å². The monoisotopic (exact) mass is 400 g/mol. The summed E-state index contributed by atoms with van der Waals surface area (Å²) in [6.07, 6.45) is 0. The summed E-state index contributed by atoms with van der Waals surface area (Å²) >= 11 is 0. The fourth-order valence-corrected chi connectivity index (χ4v) is 3.87. The van der Waals surface area contributed by atoms with Crippen molar-refractivity contribution in [3.05, 3.63) is 114 Å². The fraction of sp³-hybridized carbons (Fsp3) is 0.0690. The third kappa shape index (κ3) is 3.80. The Morgan fingerprint density at radius 3 is 1.71 bits per heavy atom. The summed E-state index contributed by atoms with van der Waals surface area (Å²) < 4.78 is 0. The summed E-state index contributed by atoms with van der Waals surface area (Å²) in [5.74, 6) is 0.881. The lowest BCUT2D eigenvalue weighted by atomic mass is 10.0. The van der Waals surface area contributed by atoms with Crippen molar-refractivity contribution in [2.45, 2.75) is 13.8 Å². The summed E-state index contributed by atoms with van der Waals surface area (Å²) in [7, 11) is 0. The van der Waals surface area contributed by atoms with E-state index in [1.165, 1.54) is 22.3 Å². The van der Waals surface area contributed by atoms with E-state index in [4.69, 9.17) is 4.98 Å². The molecule has 0 aliphatic heterocycles. The van der Waals surface area contributed by atoms with Crippen LogP contribution in [0.25, 0.3) is 45.0 Å². The van der Waals surface area contributed by atoms with Crippen LogP contribution < -0.4 is 0 Å². The van der Waals surface area contributed by atoms with Crippen molar-refractivity contribution < 1.29 is 0 Å². The van der Waals surface area contributed by atoms with Gasteiger partial charge in [0.1, 0.15) is 5.82 Å². The Balaban J connectivity index is 1.60. The van der Waals surface area contributed by atoms with Crippen LogP contribution in [-0.4, -0.2) is 9.97 Å². The number of rotatable bonds is 4. The molecule has 5 aromatic rings. The second kappa shape index (κ2) is 8.08. The van der Waals surface area contributed by atoms with Crippen LogP contribution in [0.5, 0.6) is 0 Å². The van der Waals surface area contributed by atoms with Gasteiger partial charge in [0, 0.05) is 16.7 Å². The van der Waals surface area contributed by atoms with E-state index in [2.05, 4.69) is 110 Å². The number of imidazole rings is 1. The summed E-state index contributed by atoms with van der Waals surface area (Å²) in [5.41, 5.74) is 10.4. The maximum absolute atomic E-state index is 5.04. The van der Waals surface area contributed by atoms with E-state index in [-0.39, 0.29) is 0 Å². The van der Waals surface area contributed by atoms with Crippen molar-refractivity contribution in [1.82, 2.24) is 9.97 Å². The van der Waals surface area contributed by atoms with E-state index < -0.39 is 0 Å². The molecule has 1 N–H and O–H groups in total. The van der Waals surface area contributed by atoms with E-state index in [1.807, 2.05) is 12.1 Å². The van der Waals surface area contributed by atoms with Gasteiger partial charge in [-0.05, 0) is 42.2 Å². The van der Waals surface area contributed by atoms with E-state index in [0.717, 1.165) is 33.9 Å². The third-order valence-corrected chi connectivity index (χ3v) is 5.81. The SMILES string of the molecule is Cc1ccc(-c2nc(-c3ccc(-c4ccccc4)cc3)[nH]c2-c2ccccc2)cc1C. The Morgan fingerprint density at radius 1 is 0.516 bits per heavy atom. The molecule has 0 amide bonds. The lowest BCUT2D eigenvalue weighted by Gasteiger charge is -2.06. The number of benzene rings is 4. The Hall–Kier alpha value is -3.91. The molecular weight excluding hydrogens is 376 g/mol. The highest BCUT2D eigenvalue weighted by atomic mass is 14.9. The number of hydrogen-bond donors (Lipinski definition) is 1. The van der Waals surface area contributed by atoms with Crippen LogP contribution in [0.4, 0.5) is 0 Å². The molecule has 4 aromatic carbocycles. The zero-order valence-electron chi connectivity index (χ0n) is 17.8. The van der Waals surface area contributed by atoms with Crippen molar-refractivity contribution in [3.8, 4) is 45.0 Å². The highest BCUT2D eigenvalue weighted by Crippen LogP contribution is 2.34. The van der Waals surface area contributed by atoms with Crippen LogP contribution in [0.15, 0.2) is 103 Å². The zero-order chi connectivity index (χ0) is 21.2. The lowest BCUT2D eigenvalue weighted by Crippen LogP contribution is -1.87. The molecule has 0 aliphatic carbocycles. The normalized spacial score (nSPS) is 10.9. The molecule has 2 nitrogen and oxygen atoms in total. The van der Waals surface area contributed by atoms with E-state index in [1.54, 1.807) is 0 Å². The van der Waals surface area contributed by atoms with Gasteiger partial charge in [0.2, 0.25) is 0 Å². The first kappa shape index (κ1) is 19.1. The Labute approximate surface area is 183 Å². The van der Waals surface area contributed by atoms with Gasteiger partial charge in [-0.2, -0.15) is 0 Å². The molecule has 0 radical (unpaired) electrons. The number of nitrogens with zero attached hydrogens (tertiary/aromatic N) is 1. The topological polar surface area (TPSA) is 28.7 Å². The smallest absolute Gasteiger partial charge is 0.138 e. The first-order valence-electron chi connectivity index (χ1n) is 10.6. The summed E-state index contributed by atoms with van der Waals surface area (Å²) in [4.78, 5) is 8.64. The predicted octanol–water partition coefficient (Wildman–Crippen LogP) is 7.69. The molecule has 1 heterocycles. The van der Waals surface area contributed by atoms with Gasteiger partial charge in [0.25, 0.3) is 0 Å². The molecule has 0 spiro atoms. The maximum Gasteiger partial charge on any atom is 0.138 e. The average Bonchev–Trinajstić information content (AvgIpc) is 3.28. The van der Waals surface area contributed by atoms with Gasteiger partial charge in [-0.25, -0.2) is 4.98 Å². The molecule has 0 saturated heterocycles. The Morgan fingerprint density at radius 2 is 1.06 bits per heavy atom. The van der Waals surface area contributed by atoms with Gasteiger partial charge < -0.3 is 4.98 Å². The van der Waals surface area contributed by atoms with Gasteiger partial charge in [0.05, 0.1) is 11.4 Å². The van der Waals surface area contributed by atoms with E-state index >= 15 is 0 Å². The van der Waals surface area contributed by atoms with Gasteiger partial charge in [-0.1, -0.05) is 97.1 Å². The molecule has 5 rings (SSSR count). The summed E-state index contributed by atoms with van der Waals surface area (Å²) in [5, 5.41) is 0. The molecule has 0 atom stereocenters. The molecule has 0 unspecified atom stereocenters. The Bertz CT molecular complexity index is 1310. The molecular formula is C29H24N2. The average molecular weight is 401 g/mol. The van der Waals surface area contributed by atoms with Crippen LogP contribution in [0.1, 0.15) is 11.1 Å². The molecule has 0 bridgehead atoms. The number of hydrogen-bond acceptors (Lipinski definition) is 1. The number of aryl methyl sites for hydroxylation is 2. The first-order chi connectivity index (χ1) is 15.2. The largest absolute Gasteiger partial charge is 0.337 e. The number of aromatic amines is 1. The Kier molecular flexibility index (Phi) is 4.97. The minimum Gasteiger partial charge on any atom is -0.337 e. The quantitative estimate of drug-likeness (QED) is 0.329. The fourth-order valence-electron chi connectivity index (χ4n) is 3.87. The molecule has 150 valence electrons. The van der Waals surface area contributed by atoms with Crippen molar-refractivity contribution in [1.29, 1.82) is 0 Å². The number of H-pyrrole nitrogens is 1. The number of nitrogens with one attached hydrogen (secondary N) is 1. The zero-order valence-corrected chi connectivity index (χ0v) is 17.8. The maximum atomic E-state index is 5.04. The van der Waals surface area contributed by atoms with Crippen LogP contribution in [-0.2, 0) is 0 Å². The highest BCUT2D eigenvalue weighted by molar-refractivity contribution is 5.82. The second-order valence-corrected chi connectivity index (χ2v) is 7.92. The van der Waals surface area contributed by atoms with Gasteiger partial charge in [0.15, 0.2) is 0 Å². The molecule has 31 heavy (non-hydrogen) atoms. The van der Waals surface area contributed by atoms with Crippen molar-refractivity contribution in [3.63, 3.8) is 0 Å². The van der Waals surface area contributed by atoms with Crippen molar-refractivity contribution >= 4 is 0 Å². The van der Waals surface area contributed by atoms with Crippen LogP contribution >= 0.6 is 0 Å². The summed E-state index contributed by atoms with van der Waals surface area (Å²) in [6.45, 7) is 4.29. The highest BCUT2D eigenvalue weighted by Gasteiger charge is 2.16. The summed E-state index contributed by atoms with van der Waals surface area (Å²) in [6, 6.07) is 36.0. The third-order valence-electron chi connectivity index (χ3n) is 5.81. The van der Waals surface area contributed by atoms with Crippen LogP contribution in [0.2, 0.25) is 0 Å². The van der Waals surface area contributed by atoms with E-state index in [0.29, 0.717) is 0 Å². The van der Waals surface area contributed by atoms with Gasteiger partial charge in [-0.3, -0.25) is 0 Å². The van der Waals surface area contributed by atoms with E-state index in [9.17, 15) is 0 Å². The molecule has 2 heteroatoms. The van der Waals surface area contributed by atoms with Crippen LogP contribution in [0.3, 0.4) is 0 Å². The number of aromatic nitrogens is 2. The lowest BCUT2D eigenvalue weighted by molar-refractivity contribution is 1.30. The minimum absolute atomic E-state index is 0.881. The van der Waals surface area contributed by atoms with Gasteiger partial charge in [-0.15, -0.1) is 0 Å². The molecule has 0 saturated carbocycles.